The average Bonchev–Trinajstić information content (AvgIpc) is 2.28. The summed E-state index contributed by atoms with van der Waals surface area (Å²) in [5, 5.41) is 0. The van der Waals surface area contributed by atoms with Gasteiger partial charge < -0.3 is 10.5 Å². The Morgan fingerprint density at radius 1 is 1.41 bits per heavy atom. The van der Waals surface area contributed by atoms with Crippen molar-refractivity contribution in [2.24, 2.45) is 0 Å². The van der Waals surface area contributed by atoms with Gasteiger partial charge >= 0.3 is 0 Å². The summed E-state index contributed by atoms with van der Waals surface area (Å²) in [5.74, 6) is 0. The molecule has 0 saturated carbocycles. The normalized spacial score (nSPS) is 11.6. The largest absolute Gasteiger partial charge is 0.398 e. The van der Waals surface area contributed by atoms with Crippen molar-refractivity contribution in [3.63, 3.8) is 0 Å². The highest BCUT2D eigenvalue weighted by Gasteiger charge is 2.16. The van der Waals surface area contributed by atoms with E-state index in [1.54, 1.807) is 32.2 Å². The molecule has 0 aliphatic carbocycles. The maximum Gasteiger partial charge on any atom is 0.240 e. The van der Waals surface area contributed by atoms with Crippen molar-refractivity contribution in [1.29, 1.82) is 0 Å². The third-order valence-electron chi connectivity index (χ3n) is 2.43. The molecule has 0 bridgehead atoms. The number of anilines is 1. The first-order valence-corrected chi connectivity index (χ1v) is 6.81. The van der Waals surface area contributed by atoms with Gasteiger partial charge in [-0.15, -0.1) is 0 Å². The molecule has 0 saturated heterocycles. The van der Waals surface area contributed by atoms with E-state index in [1.807, 2.05) is 0 Å². The van der Waals surface area contributed by atoms with Crippen LogP contribution >= 0.6 is 0 Å². The monoisotopic (exact) mass is 258 g/mol. The molecular formula is C11H18N2O3S. The Morgan fingerprint density at radius 3 is 2.76 bits per heavy atom. The van der Waals surface area contributed by atoms with Crippen molar-refractivity contribution < 1.29 is 13.2 Å². The van der Waals surface area contributed by atoms with E-state index >= 15 is 0 Å². The molecule has 0 unspecified atom stereocenters. The van der Waals surface area contributed by atoms with E-state index in [-0.39, 0.29) is 4.90 Å². The van der Waals surface area contributed by atoms with E-state index < -0.39 is 10.0 Å². The molecule has 0 radical (unpaired) electrons. The summed E-state index contributed by atoms with van der Waals surface area (Å²) in [4.78, 5) is 0.231. The second-order valence-corrected chi connectivity index (χ2v) is 5.45. The number of nitrogen functional groups attached to an aromatic ring is 1. The van der Waals surface area contributed by atoms with Crippen LogP contribution in [0.2, 0.25) is 0 Å². The lowest BCUT2D eigenvalue weighted by molar-refractivity contribution is 0.196. The Balaban J connectivity index is 2.79. The van der Waals surface area contributed by atoms with Gasteiger partial charge in [-0.2, -0.15) is 0 Å². The molecule has 0 fully saturated rings. The fourth-order valence-electron chi connectivity index (χ4n) is 1.42. The second-order valence-electron chi connectivity index (χ2n) is 3.71. The molecule has 0 heterocycles. The predicted octanol–water partition coefficient (Wildman–Crippen LogP) is 0.892. The number of ether oxygens (including phenoxy) is 1. The molecule has 5 nitrogen and oxygen atoms in total. The molecule has 1 rings (SSSR count). The molecule has 0 spiro atoms. The maximum atomic E-state index is 12.0. The number of methoxy groups -OCH3 is 1. The summed E-state index contributed by atoms with van der Waals surface area (Å²) >= 11 is 0. The Kier molecular flexibility index (Phi) is 4.92. The van der Waals surface area contributed by atoms with Crippen molar-refractivity contribution in [2.45, 2.75) is 18.2 Å². The molecule has 0 aromatic heterocycles. The van der Waals surface area contributed by atoms with Crippen LogP contribution in [0.1, 0.15) is 12.0 Å². The van der Waals surface area contributed by atoms with Crippen LogP contribution in [0.3, 0.4) is 0 Å². The standard InChI is InChI=1S/C11H18N2O3S/c1-9-10(12)5-3-6-11(9)17(14,15)13-7-4-8-16-2/h3,5-6,13H,4,7-8,12H2,1-2H3. The van der Waals surface area contributed by atoms with Gasteiger partial charge in [0.2, 0.25) is 10.0 Å². The molecule has 17 heavy (non-hydrogen) atoms. The smallest absolute Gasteiger partial charge is 0.240 e. The van der Waals surface area contributed by atoms with Crippen LogP contribution in [0, 0.1) is 6.92 Å². The van der Waals surface area contributed by atoms with Gasteiger partial charge in [0.05, 0.1) is 4.90 Å². The zero-order valence-electron chi connectivity index (χ0n) is 10.1. The third-order valence-corrected chi connectivity index (χ3v) is 4.04. The van der Waals surface area contributed by atoms with E-state index in [0.717, 1.165) is 0 Å². The first-order chi connectivity index (χ1) is 7.99. The van der Waals surface area contributed by atoms with Gasteiger partial charge in [0.1, 0.15) is 0 Å². The highest BCUT2D eigenvalue weighted by molar-refractivity contribution is 7.89. The number of sulfonamides is 1. The van der Waals surface area contributed by atoms with Crippen LogP contribution in [0.15, 0.2) is 23.1 Å². The van der Waals surface area contributed by atoms with Gasteiger partial charge in [-0.25, -0.2) is 13.1 Å². The second kappa shape index (κ2) is 6.00. The summed E-state index contributed by atoms with van der Waals surface area (Å²) in [6.07, 6.45) is 0.636. The highest BCUT2D eigenvalue weighted by Crippen LogP contribution is 2.19. The number of benzene rings is 1. The fourth-order valence-corrected chi connectivity index (χ4v) is 2.77. The SMILES string of the molecule is COCCCNS(=O)(=O)c1cccc(N)c1C. The number of hydrogen-bond donors (Lipinski definition) is 2. The Labute approximate surface area is 102 Å². The van der Waals surface area contributed by atoms with Crippen LogP contribution in [0.4, 0.5) is 5.69 Å². The number of rotatable bonds is 6. The summed E-state index contributed by atoms with van der Waals surface area (Å²) in [6, 6.07) is 4.86. The first kappa shape index (κ1) is 14.0. The lowest BCUT2D eigenvalue weighted by Gasteiger charge is -2.10. The van der Waals surface area contributed by atoms with Crippen molar-refractivity contribution in [2.75, 3.05) is 26.0 Å². The molecule has 0 aliphatic rings. The van der Waals surface area contributed by atoms with Gasteiger partial charge in [-0.05, 0) is 31.0 Å². The molecule has 1 aromatic rings. The molecule has 1 aromatic carbocycles. The van der Waals surface area contributed by atoms with Gasteiger partial charge in [0.25, 0.3) is 0 Å². The maximum absolute atomic E-state index is 12.0. The minimum absolute atomic E-state index is 0.231. The molecule has 96 valence electrons. The third kappa shape index (κ3) is 3.69. The topological polar surface area (TPSA) is 81.4 Å². The number of nitrogens with one attached hydrogen (secondary N) is 1. The zero-order valence-corrected chi connectivity index (χ0v) is 10.9. The lowest BCUT2D eigenvalue weighted by Crippen LogP contribution is -2.26. The Hall–Kier alpha value is -1.11. The molecular weight excluding hydrogens is 240 g/mol. The predicted molar refractivity (Wildman–Crippen MR) is 67.3 cm³/mol. The van der Waals surface area contributed by atoms with Crippen molar-refractivity contribution in [3.05, 3.63) is 23.8 Å². The zero-order chi connectivity index (χ0) is 12.9. The summed E-state index contributed by atoms with van der Waals surface area (Å²) < 4.78 is 31.3. The van der Waals surface area contributed by atoms with Gasteiger partial charge in [0, 0.05) is 25.9 Å². The molecule has 0 atom stereocenters. The van der Waals surface area contributed by atoms with Crippen molar-refractivity contribution >= 4 is 15.7 Å². The molecule has 0 amide bonds. The minimum atomic E-state index is -3.48. The van der Waals surface area contributed by atoms with E-state index in [1.165, 1.54) is 0 Å². The Morgan fingerprint density at radius 2 is 2.12 bits per heavy atom. The number of hydrogen-bond acceptors (Lipinski definition) is 4. The van der Waals surface area contributed by atoms with Crippen molar-refractivity contribution in [3.8, 4) is 0 Å². The van der Waals surface area contributed by atoms with Gasteiger partial charge in [-0.3, -0.25) is 0 Å². The summed E-state index contributed by atoms with van der Waals surface area (Å²) in [6.45, 7) is 2.57. The van der Waals surface area contributed by atoms with E-state index in [0.29, 0.717) is 30.8 Å². The Bertz CT molecular complexity index is 472. The quantitative estimate of drug-likeness (QED) is 0.586. The van der Waals surface area contributed by atoms with Crippen LogP contribution in [0.5, 0.6) is 0 Å². The van der Waals surface area contributed by atoms with Crippen LogP contribution < -0.4 is 10.5 Å². The van der Waals surface area contributed by atoms with E-state index in [9.17, 15) is 8.42 Å². The highest BCUT2D eigenvalue weighted by atomic mass is 32.2. The van der Waals surface area contributed by atoms with Crippen LogP contribution in [-0.4, -0.2) is 28.7 Å². The van der Waals surface area contributed by atoms with Crippen molar-refractivity contribution in [1.82, 2.24) is 4.72 Å². The average molecular weight is 258 g/mol. The van der Waals surface area contributed by atoms with Crippen LogP contribution in [0.25, 0.3) is 0 Å². The van der Waals surface area contributed by atoms with Gasteiger partial charge in [-0.1, -0.05) is 6.07 Å². The van der Waals surface area contributed by atoms with Crippen LogP contribution in [-0.2, 0) is 14.8 Å². The van der Waals surface area contributed by atoms with E-state index in [2.05, 4.69) is 4.72 Å². The van der Waals surface area contributed by atoms with Gasteiger partial charge in [0.15, 0.2) is 0 Å². The minimum Gasteiger partial charge on any atom is -0.398 e. The fraction of sp³-hybridized carbons (Fsp3) is 0.455. The molecule has 6 heteroatoms. The first-order valence-electron chi connectivity index (χ1n) is 5.32. The van der Waals surface area contributed by atoms with E-state index in [4.69, 9.17) is 10.5 Å². The summed E-state index contributed by atoms with van der Waals surface area (Å²) in [5.41, 5.74) is 6.73. The molecule has 3 N–H and O–H groups in total. The number of nitrogens with two attached hydrogens (primary N) is 1. The lowest BCUT2D eigenvalue weighted by atomic mass is 10.2. The molecule has 0 aliphatic heterocycles. The summed E-state index contributed by atoms with van der Waals surface area (Å²) in [7, 11) is -1.90.